The first-order valence-electron chi connectivity index (χ1n) is 8.25. The SMILES string of the molecule is NCC1CN(c2ncnc3cc(F)c(F)cc23)CC12CCOCC2. The molecule has 2 fully saturated rings. The van der Waals surface area contributed by atoms with Gasteiger partial charge in [0.15, 0.2) is 11.6 Å². The highest BCUT2D eigenvalue weighted by Crippen LogP contribution is 2.45. The fourth-order valence-electron chi connectivity index (χ4n) is 4.15. The standard InChI is InChI=1S/C17H20F2N4O/c18-13-5-12-15(6-14(13)19)21-10-22-16(12)23-8-11(7-20)17(9-23)1-3-24-4-2-17/h5-6,10-11H,1-4,7-9,20H2. The van der Waals surface area contributed by atoms with Crippen LogP contribution >= 0.6 is 0 Å². The summed E-state index contributed by atoms with van der Waals surface area (Å²) in [4.78, 5) is 10.6. The van der Waals surface area contributed by atoms with E-state index in [4.69, 9.17) is 10.5 Å². The van der Waals surface area contributed by atoms with E-state index in [-0.39, 0.29) is 5.41 Å². The number of aromatic nitrogens is 2. The Morgan fingerprint density at radius 1 is 1.21 bits per heavy atom. The fourth-order valence-corrected chi connectivity index (χ4v) is 4.15. The fraction of sp³-hybridized carbons (Fsp3) is 0.529. The van der Waals surface area contributed by atoms with Crippen molar-refractivity contribution in [3.8, 4) is 0 Å². The van der Waals surface area contributed by atoms with E-state index in [2.05, 4.69) is 14.9 Å². The third kappa shape index (κ3) is 2.43. The lowest BCUT2D eigenvalue weighted by Crippen LogP contribution is -2.39. The Bertz CT molecular complexity index is 764. The molecule has 2 N–H and O–H groups in total. The zero-order valence-electron chi connectivity index (χ0n) is 13.3. The zero-order valence-corrected chi connectivity index (χ0v) is 13.3. The van der Waals surface area contributed by atoms with Gasteiger partial charge in [0.1, 0.15) is 12.1 Å². The summed E-state index contributed by atoms with van der Waals surface area (Å²) in [5, 5.41) is 0.538. The molecule has 2 aliphatic heterocycles. The van der Waals surface area contributed by atoms with Gasteiger partial charge in [-0.15, -0.1) is 0 Å². The summed E-state index contributed by atoms with van der Waals surface area (Å²) in [7, 11) is 0. The van der Waals surface area contributed by atoms with Crippen LogP contribution in [0.15, 0.2) is 18.5 Å². The third-order valence-corrected chi connectivity index (χ3v) is 5.54. The van der Waals surface area contributed by atoms with E-state index in [1.165, 1.54) is 12.4 Å². The minimum Gasteiger partial charge on any atom is -0.381 e. The van der Waals surface area contributed by atoms with Gasteiger partial charge in [0.05, 0.1) is 5.52 Å². The topological polar surface area (TPSA) is 64.3 Å². The molecule has 3 heterocycles. The largest absolute Gasteiger partial charge is 0.381 e. The molecule has 2 saturated heterocycles. The molecular formula is C17H20F2N4O. The molecule has 1 aromatic carbocycles. The lowest BCUT2D eigenvalue weighted by atomic mass is 9.72. The van der Waals surface area contributed by atoms with Crippen LogP contribution in [0.3, 0.4) is 0 Å². The summed E-state index contributed by atoms with van der Waals surface area (Å²) < 4.78 is 32.7. The molecule has 5 nitrogen and oxygen atoms in total. The molecule has 7 heteroatoms. The molecule has 0 saturated carbocycles. The molecular weight excluding hydrogens is 314 g/mol. The van der Waals surface area contributed by atoms with Crippen molar-refractivity contribution in [2.24, 2.45) is 17.1 Å². The number of anilines is 1. The maximum Gasteiger partial charge on any atom is 0.161 e. The number of halogens is 2. The highest BCUT2D eigenvalue weighted by Gasteiger charge is 2.47. The van der Waals surface area contributed by atoms with Crippen molar-refractivity contribution in [3.63, 3.8) is 0 Å². The van der Waals surface area contributed by atoms with E-state index in [0.717, 1.165) is 45.2 Å². The van der Waals surface area contributed by atoms with Crippen molar-refractivity contribution >= 4 is 16.7 Å². The summed E-state index contributed by atoms with van der Waals surface area (Å²) >= 11 is 0. The number of benzene rings is 1. The van der Waals surface area contributed by atoms with Gasteiger partial charge in [-0.05, 0) is 36.8 Å². The van der Waals surface area contributed by atoms with Crippen molar-refractivity contribution in [1.82, 2.24) is 9.97 Å². The number of fused-ring (bicyclic) bond motifs is 1. The second kappa shape index (κ2) is 5.89. The monoisotopic (exact) mass is 334 g/mol. The lowest BCUT2D eigenvalue weighted by Gasteiger charge is -2.37. The minimum atomic E-state index is -0.894. The number of rotatable bonds is 2. The number of nitrogens with zero attached hydrogens (tertiary/aromatic N) is 3. The van der Waals surface area contributed by atoms with Gasteiger partial charge >= 0.3 is 0 Å². The number of hydrogen-bond acceptors (Lipinski definition) is 5. The van der Waals surface area contributed by atoms with Crippen LogP contribution in [0.4, 0.5) is 14.6 Å². The second-order valence-corrected chi connectivity index (χ2v) is 6.77. The highest BCUT2D eigenvalue weighted by molar-refractivity contribution is 5.89. The predicted molar refractivity (Wildman–Crippen MR) is 86.7 cm³/mol. The molecule has 128 valence electrons. The van der Waals surface area contributed by atoms with Crippen LogP contribution < -0.4 is 10.6 Å². The Balaban J connectivity index is 1.74. The van der Waals surface area contributed by atoms with Crippen LogP contribution in [0.5, 0.6) is 0 Å². The summed E-state index contributed by atoms with van der Waals surface area (Å²) in [5.41, 5.74) is 6.55. The van der Waals surface area contributed by atoms with Crippen LogP contribution in [0, 0.1) is 23.0 Å². The summed E-state index contributed by atoms with van der Waals surface area (Å²) in [6.07, 6.45) is 3.34. The predicted octanol–water partition coefficient (Wildman–Crippen LogP) is 2.10. The summed E-state index contributed by atoms with van der Waals surface area (Å²) in [6, 6.07) is 2.31. The molecule has 24 heavy (non-hydrogen) atoms. The van der Waals surface area contributed by atoms with Crippen LogP contribution in [-0.4, -0.2) is 42.8 Å². The smallest absolute Gasteiger partial charge is 0.161 e. The Morgan fingerprint density at radius 3 is 2.71 bits per heavy atom. The normalized spacial score (nSPS) is 23.3. The van der Waals surface area contributed by atoms with Gasteiger partial charge in [-0.2, -0.15) is 0 Å². The second-order valence-electron chi connectivity index (χ2n) is 6.77. The molecule has 0 aliphatic carbocycles. The van der Waals surface area contributed by atoms with Crippen LogP contribution in [0.2, 0.25) is 0 Å². The van der Waals surface area contributed by atoms with Crippen molar-refractivity contribution in [1.29, 1.82) is 0 Å². The number of hydrogen-bond donors (Lipinski definition) is 1. The first-order chi connectivity index (χ1) is 11.6. The van der Waals surface area contributed by atoms with Crippen molar-refractivity contribution in [3.05, 3.63) is 30.1 Å². The molecule has 4 rings (SSSR count). The number of nitrogens with two attached hydrogens (primary N) is 1. The van der Waals surface area contributed by atoms with E-state index in [0.29, 0.717) is 29.2 Å². The summed E-state index contributed by atoms with van der Waals surface area (Å²) in [5.74, 6) is -0.777. The molecule has 2 aliphatic rings. The van der Waals surface area contributed by atoms with Crippen molar-refractivity contribution in [2.75, 3.05) is 37.7 Å². The van der Waals surface area contributed by atoms with Gasteiger partial charge in [-0.3, -0.25) is 0 Å². The van der Waals surface area contributed by atoms with Crippen LogP contribution in [0.1, 0.15) is 12.8 Å². The molecule has 1 unspecified atom stereocenters. The van der Waals surface area contributed by atoms with E-state index >= 15 is 0 Å². The molecule has 0 radical (unpaired) electrons. The lowest BCUT2D eigenvalue weighted by molar-refractivity contribution is 0.00490. The number of ether oxygens (including phenoxy) is 1. The molecule has 0 bridgehead atoms. The van der Waals surface area contributed by atoms with E-state index in [1.807, 2.05) is 0 Å². The first kappa shape index (κ1) is 15.7. The van der Waals surface area contributed by atoms with E-state index in [9.17, 15) is 8.78 Å². The average molecular weight is 334 g/mol. The highest BCUT2D eigenvalue weighted by atomic mass is 19.2. The Kier molecular flexibility index (Phi) is 3.85. The van der Waals surface area contributed by atoms with E-state index < -0.39 is 11.6 Å². The third-order valence-electron chi connectivity index (χ3n) is 5.54. The first-order valence-corrected chi connectivity index (χ1v) is 8.25. The molecule has 1 aromatic heterocycles. The van der Waals surface area contributed by atoms with Crippen LogP contribution in [0.25, 0.3) is 10.9 Å². The summed E-state index contributed by atoms with van der Waals surface area (Å²) in [6.45, 7) is 3.66. The van der Waals surface area contributed by atoms with Gasteiger partial charge in [-0.1, -0.05) is 0 Å². The molecule has 1 atom stereocenters. The Labute approximate surface area is 138 Å². The minimum absolute atomic E-state index is 0.114. The van der Waals surface area contributed by atoms with Gasteiger partial charge < -0.3 is 15.4 Å². The molecule has 2 aromatic rings. The maximum atomic E-state index is 13.7. The van der Waals surface area contributed by atoms with Crippen molar-refractivity contribution < 1.29 is 13.5 Å². The quantitative estimate of drug-likeness (QED) is 0.911. The Morgan fingerprint density at radius 2 is 1.96 bits per heavy atom. The van der Waals surface area contributed by atoms with Crippen molar-refractivity contribution in [2.45, 2.75) is 12.8 Å². The zero-order chi connectivity index (χ0) is 16.7. The van der Waals surface area contributed by atoms with E-state index in [1.54, 1.807) is 0 Å². The van der Waals surface area contributed by atoms with Gasteiger partial charge in [0.2, 0.25) is 0 Å². The van der Waals surface area contributed by atoms with Gasteiger partial charge in [0, 0.05) is 37.8 Å². The molecule has 1 spiro atoms. The molecule has 0 amide bonds. The Hall–Kier alpha value is -1.86. The van der Waals surface area contributed by atoms with Crippen LogP contribution in [-0.2, 0) is 4.74 Å². The average Bonchev–Trinajstić information content (AvgIpc) is 2.94. The van der Waals surface area contributed by atoms with Gasteiger partial charge in [-0.25, -0.2) is 18.7 Å². The maximum absolute atomic E-state index is 13.7. The van der Waals surface area contributed by atoms with Gasteiger partial charge in [0.25, 0.3) is 0 Å².